The van der Waals surface area contributed by atoms with Gasteiger partial charge in [0.15, 0.2) is 0 Å². The zero-order chi connectivity index (χ0) is 26.8. The van der Waals surface area contributed by atoms with E-state index in [1.54, 1.807) is 36.4 Å². The summed E-state index contributed by atoms with van der Waals surface area (Å²) in [5.41, 5.74) is 1.99. The molecule has 0 aliphatic carbocycles. The number of aliphatic hydroxyl groups is 1. The minimum absolute atomic E-state index is 0.0193. The number of carbonyl (C=O) groups excluding carboxylic acids is 2. The highest BCUT2D eigenvalue weighted by Crippen LogP contribution is 2.42. The van der Waals surface area contributed by atoms with E-state index >= 15 is 0 Å². The predicted octanol–water partition coefficient (Wildman–Crippen LogP) is 4.69. The molecule has 198 valence electrons. The molecule has 2 aromatic carbocycles. The standard InChI is InChI=1S/C30H33N3O5/c1-20(2)19-38-24-7-4-6-21(18-24)28(34)26-27(25-8-5-17-37-25)33(30(36)29(26)35)23-11-9-22(10-12-23)32-15-13-31(3)14-16-32/h4-12,17-18,20,27,34H,13-16,19H2,1-3H3/b28-26-. The van der Waals surface area contributed by atoms with Gasteiger partial charge in [-0.1, -0.05) is 26.0 Å². The van der Waals surface area contributed by atoms with Crippen LogP contribution in [0.4, 0.5) is 11.4 Å². The molecule has 2 saturated heterocycles. The molecule has 3 aromatic rings. The average Bonchev–Trinajstić information content (AvgIpc) is 3.54. The van der Waals surface area contributed by atoms with Gasteiger partial charge in [0.05, 0.1) is 18.4 Å². The number of benzene rings is 2. The number of likely N-dealkylation sites (N-methyl/N-ethyl adjacent to an activating group) is 1. The monoisotopic (exact) mass is 515 g/mol. The van der Waals surface area contributed by atoms with Crippen LogP contribution in [-0.2, 0) is 9.59 Å². The summed E-state index contributed by atoms with van der Waals surface area (Å²) in [4.78, 5) is 32.7. The summed E-state index contributed by atoms with van der Waals surface area (Å²) >= 11 is 0. The highest BCUT2D eigenvalue weighted by atomic mass is 16.5. The molecule has 8 heteroatoms. The molecule has 0 radical (unpaired) electrons. The topological polar surface area (TPSA) is 86.5 Å². The quantitative estimate of drug-likeness (QED) is 0.277. The molecular formula is C30H33N3O5. The van der Waals surface area contributed by atoms with Crippen molar-refractivity contribution in [2.45, 2.75) is 19.9 Å². The fourth-order valence-electron chi connectivity index (χ4n) is 4.86. The van der Waals surface area contributed by atoms with Crippen LogP contribution in [0.15, 0.2) is 76.9 Å². The van der Waals surface area contributed by atoms with Gasteiger partial charge in [-0.2, -0.15) is 0 Å². The van der Waals surface area contributed by atoms with Gasteiger partial charge in [0.2, 0.25) is 0 Å². The molecule has 0 spiro atoms. The van der Waals surface area contributed by atoms with E-state index in [9.17, 15) is 14.7 Å². The molecule has 0 bridgehead atoms. The summed E-state index contributed by atoms with van der Waals surface area (Å²) in [6, 6.07) is 17.0. The predicted molar refractivity (Wildman–Crippen MR) is 146 cm³/mol. The Hall–Kier alpha value is -4.04. The van der Waals surface area contributed by atoms with E-state index in [1.165, 1.54) is 11.2 Å². The number of furan rings is 1. The van der Waals surface area contributed by atoms with E-state index in [0.29, 0.717) is 35.3 Å². The molecule has 1 unspecified atom stereocenters. The van der Waals surface area contributed by atoms with E-state index in [2.05, 4.69) is 16.8 Å². The summed E-state index contributed by atoms with van der Waals surface area (Å²) in [5.74, 6) is -0.448. The Morgan fingerprint density at radius 1 is 1.00 bits per heavy atom. The summed E-state index contributed by atoms with van der Waals surface area (Å²) in [7, 11) is 2.11. The Morgan fingerprint density at radius 2 is 1.71 bits per heavy atom. The SMILES string of the molecule is CC(C)COc1cccc(/C(O)=C2/C(=O)C(=O)N(c3ccc(N4CCN(C)CC4)cc3)C2c2ccco2)c1. The van der Waals surface area contributed by atoms with Gasteiger partial charge in [0.25, 0.3) is 11.7 Å². The summed E-state index contributed by atoms with van der Waals surface area (Å²) < 4.78 is 11.5. The number of Topliss-reactive ketones (excluding diaryl/α,β-unsaturated/α-hetero) is 1. The zero-order valence-electron chi connectivity index (χ0n) is 22.0. The van der Waals surface area contributed by atoms with Crippen molar-refractivity contribution >= 4 is 28.8 Å². The molecule has 3 heterocycles. The Balaban J connectivity index is 1.51. The van der Waals surface area contributed by atoms with Crippen LogP contribution in [0.3, 0.4) is 0 Å². The first kappa shape index (κ1) is 25.6. The van der Waals surface area contributed by atoms with Crippen molar-refractivity contribution in [3.05, 3.63) is 83.8 Å². The normalized spacial score (nSPS) is 19.9. The van der Waals surface area contributed by atoms with E-state index < -0.39 is 17.7 Å². The van der Waals surface area contributed by atoms with Crippen LogP contribution in [0.25, 0.3) is 5.76 Å². The van der Waals surface area contributed by atoms with Gasteiger partial charge < -0.3 is 24.1 Å². The van der Waals surface area contributed by atoms with E-state index in [-0.39, 0.29) is 11.3 Å². The average molecular weight is 516 g/mol. The second-order valence-corrected chi connectivity index (χ2v) is 10.2. The second-order valence-electron chi connectivity index (χ2n) is 10.2. The third-order valence-corrected chi connectivity index (χ3v) is 6.94. The van der Waals surface area contributed by atoms with Crippen molar-refractivity contribution in [2.75, 3.05) is 49.6 Å². The lowest BCUT2D eigenvalue weighted by atomic mass is 9.99. The van der Waals surface area contributed by atoms with Gasteiger partial charge in [0, 0.05) is 43.1 Å². The summed E-state index contributed by atoms with van der Waals surface area (Å²) in [6.07, 6.45) is 1.49. The number of hydrogen-bond donors (Lipinski definition) is 1. The molecule has 8 nitrogen and oxygen atoms in total. The summed E-state index contributed by atoms with van der Waals surface area (Å²) in [6.45, 7) is 8.43. The van der Waals surface area contributed by atoms with Gasteiger partial charge in [-0.05, 0) is 61.5 Å². The Bertz CT molecular complexity index is 1320. The van der Waals surface area contributed by atoms with Gasteiger partial charge in [-0.25, -0.2) is 0 Å². The number of aliphatic hydroxyl groups excluding tert-OH is 1. The second kappa shape index (κ2) is 10.8. The van der Waals surface area contributed by atoms with Crippen molar-refractivity contribution in [1.29, 1.82) is 0 Å². The molecule has 1 atom stereocenters. The molecule has 5 rings (SSSR count). The van der Waals surface area contributed by atoms with Crippen molar-refractivity contribution in [3.63, 3.8) is 0 Å². The van der Waals surface area contributed by atoms with Crippen molar-refractivity contribution in [3.8, 4) is 5.75 Å². The lowest BCUT2D eigenvalue weighted by Crippen LogP contribution is -2.44. The highest BCUT2D eigenvalue weighted by molar-refractivity contribution is 6.51. The van der Waals surface area contributed by atoms with Crippen molar-refractivity contribution < 1.29 is 23.8 Å². The fourth-order valence-corrected chi connectivity index (χ4v) is 4.86. The van der Waals surface area contributed by atoms with Gasteiger partial charge in [-0.15, -0.1) is 0 Å². The lowest BCUT2D eigenvalue weighted by molar-refractivity contribution is -0.132. The zero-order valence-corrected chi connectivity index (χ0v) is 22.0. The number of hydrogen-bond acceptors (Lipinski definition) is 7. The number of carbonyl (C=O) groups is 2. The molecule has 2 aliphatic rings. The molecule has 1 aromatic heterocycles. The first-order valence-corrected chi connectivity index (χ1v) is 12.9. The van der Waals surface area contributed by atoms with Crippen LogP contribution in [-0.4, -0.2) is 61.5 Å². The minimum atomic E-state index is -0.903. The number of amides is 1. The molecule has 1 amide bonds. The molecular weight excluding hydrogens is 482 g/mol. The number of rotatable bonds is 7. The van der Waals surface area contributed by atoms with Crippen LogP contribution < -0.4 is 14.5 Å². The van der Waals surface area contributed by atoms with E-state index in [0.717, 1.165) is 31.9 Å². The third-order valence-electron chi connectivity index (χ3n) is 6.94. The molecule has 0 saturated carbocycles. The van der Waals surface area contributed by atoms with E-state index in [4.69, 9.17) is 9.15 Å². The maximum atomic E-state index is 13.4. The Morgan fingerprint density at radius 3 is 2.37 bits per heavy atom. The molecule has 1 N–H and O–H groups in total. The maximum Gasteiger partial charge on any atom is 0.300 e. The first-order valence-electron chi connectivity index (χ1n) is 12.9. The number of ketones is 1. The van der Waals surface area contributed by atoms with Gasteiger partial charge in [-0.3, -0.25) is 14.5 Å². The Labute approximate surface area is 222 Å². The number of anilines is 2. The van der Waals surface area contributed by atoms with Crippen LogP contribution in [0.1, 0.15) is 31.2 Å². The Kier molecular flexibility index (Phi) is 7.24. The largest absolute Gasteiger partial charge is 0.507 e. The van der Waals surface area contributed by atoms with Crippen LogP contribution in [0.5, 0.6) is 5.75 Å². The summed E-state index contributed by atoms with van der Waals surface area (Å²) in [5, 5.41) is 11.4. The van der Waals surface area contributed by atoms with Crippen molar-refractivity contribution in [2.24, 2.45) is 5.92 Å². The maximum absolute atomic E-state index is 13.4. The van der Waals surface area contributed by atoms with Gasteiger partial charge >= 0.3 is 0 Å². The minimum Gasteiger partial charge on any atom is -0.507 e. The fraction of sp³-hybridized carbons (Fsp3) is 0.333. The number of ether oxygens (including phenoxy) is 1. The number of piperazine rings is 1. The molecule has 2 aliphatic heterocycles. The lowest BCUT2D eigenvalue weighted by Gasteiger charge is -2.34. The highest BCUT2D eigenvalue weighted by Gasteiger charge is 2.48. The van der Waals surface area contributed by atoms with Gasteiger partial charge in [0.1, 0.15) is 23.3 Å². The smallest absolute Gasteiger partial charge is 0.300 e. The van der Waals surface area contributed by atoms with Crippen LogP contribution >= 0.6 is 0 Å². The van der Waals surface area contributed by atoms with Crippen molar-refractivity contribution in [1.82, 2.24) is 4.90 Å². The molecule has 2 fully saturated rings. The van der Waals surface area contributed by atoms with Crippen LogP contribution in [0.2, 0.25) is 0 Å². The van der Waals surface area contributed by atoms with E-state index in [1.807, 2.05) is 38.1 Å². The first-order chi connectivity index (χ1) is 18.3. The number of nitrogens with zero attached hydrogens (tertiary/aromatic N) is 3. The molecule has 38 heavy (non-hydrogen) atoms. The van der Waals surface area contributed by atoms with Crippen LogP contribution in [0, 0.1) is 5.92 Å². The third kappa shape index (κ3) is 5.04.